The Morgan fingerprint density at radius 2 is 2.05 bits per heavy atom. The predicted molar refractivity (Wildman–Crippen MR) is 81.2 cm³/mol. The summed E-state index contributed by atoms with van der Waals surface area (Å²) < 4.78 is 1.78. The SMILES string of the molecule is Cc1nn(C)cc1C(O)C1(CN)CCC(C(C)C)CC1. The molecule has 1 aliphatic carbocycles. The zero-order valence-corrected chi connectivity index (χ0v) is 13.3. The van der Waals surface area contributed by atoms with Crippen molar-refractivity contribution in [2.45, 2.75) is 52.6 Å². The lowest BCUT2D eigenvalue weighted by atomic mass is 9.64. The highest BCUT2D eigenvalue weighted by atomic mass is 16.3. The number of aliphatic hydroxyl groups excluding tert-OH is 1. The fraction of sp³-hybridized carbons (Fsp3) is 0.812. The Labute approximate surface area is 122 Å². The summed E-state index contributed by atoms with van der Waals surface area (Å²) >= 11 is 0. The molecule has 1 aromatic heterocycles. The zero-order chi connectivity index (χ0) is 14.9. The fourth-order valence-electron chi connectivity index (χ4n) is 3.69. The molecule has 0 spiro atoms. The van der Waals surface area contributed by atoms with Crippen LogP contribution >= 0.6 is 0 Å². The quantitative estimate of drug-likeness (QED) is 0.890. The van der Waals surface area contributed by atoms with Gasteiger partial charge in [0.1, 0.15) is 0 Å². The first-order valence-electron chi connectivity index (χ1n) is 7.78. The maximum Gasteiger partial charge on any atom is 0.0891 e. The van der Waals surface area contributed by atoms with E-state index < -0.39 is 6.10 Å². The van der Waals surface area contributed by atoms with Crippen LogP contribution in [-0.4, -0.2) is 21.4 Å². The number of hydrogen-bond donors (Lipinski definition) is 2. The Morgan fingerprint density at radius 1 is 1.45 bits per heavy atom. The lowest BCUT2D eigenvalue weighted by molar-refractivity contribution is -0.0152. The molecule has 0 bridgehead atoms. The monoisotopic (exact) mass is 279 g/mol. The van der Waals surface area contributed by atoms with Gasteiger partial charge in [-0.25, -0.2) is 0 Å². The highest BCUT2D eigenvalue weighted by Crippen LogP contribution is 2.48. The van der Waals surface area contributed by atoms with E-state index in [1.54, 1.807) is 4.68 Å². The highest BCUT2D eigenvalue weighted by Gasteiger charge is 2.42. The Kier molecular flexibility index (Phi) is 4.55. The first kappa shape index (κ1) is 15.5. The van der Waals surface area contributed by atoms with Crippen LogP contribution in [0.3, 0.4) is 0 Å². The van der Waals surface area contributed by atoms with Crippen LogP contribution in [0.4, 0.5) is 0 Å². The van der Waals surface area contributed by atoms with Crippen molar-refractivity contribution in [1.29, 1.82) is 0 Å². The third-order valence-electron chi connectivity index (χ3n) is 5.30. The second-order valence-corrected chi connectivity index (χ2v) is 6.89. The molecular formula is C16H29N3O. The standard InChI is InChI=1S/C16H29N3O/c1-11(2)13-5-7-16(10-17,8-6-13)15(20)14-9-19(4)18-12(14)3/h9,11,13,15,20H,5-8,10,17H2,1-4H3. The van der Waals surface area contributed by atoms with Gasteiger partial charge in [-0.3, -0.25) is 4.68 Å². The topological polar surface area (TPSA) is 64.1 Å². The maximum atomic E-state index is 10.9. The first-order valence-corrected chi connectivity index (χ1v) is 7.78. The van der Waals surface area contributed by atoms with E-state index in [2.05, 4.69) is 18.9 Å². The molecule has 114 valence electrons. The van der Waals surface area contributed by atoms with Crippen molar-refractivity contribution < 1.29 is 5.11 Å². The Balaban J connectivity index is 2.18. The van der Waals surface area contributed by atoms with Crippen LogP contribution < -0.4 is 5.73 Å². The Bertz CT molecular complexity index is 445. The van der Waals surface area contributed by atoms with Gasteiger partial charge in [-0.15, -0.1) is 0 Å². The summed E-state index contributed by atoms with van der Waals surface area (Å²) in [5.74, 6) is 1.50. The van der Waals surface area contributed by atoms with Gasteiger partial charge in [0, 0.05) is 30.8 Å². The lowest BCUT2D eigenvalue weighted by Gasteiger charge is -2.43. The average molecular weight is 279 g/mol. The van der Waals surface area contributed by atoms with Crippen LogP contribution in [0.25, 0.3) is 0 Å². The van der Waals surface area contributed by atoms with E-state index in [-0.39, 0.29) is 5.41 Å². The molecular weight excluding hydrogens is 250 g/mol. The smallest absolute Gasteiger partial charge is 0.0891 e. The molecule has 1 fully saturated rings. The van der Waals surface area contributed by atoms with Crippen molar-refractivity contribution in [3.63, 3.8) is 0 Å². The molecule has 1 unspecified atom stereocenters. The Hall–Kier alpha value is -0.870. The summed E-state index contributed by atoms with van der Waals surface area (Å²) in [6.07, 6.45) is 5.82. The number of hydrogen-bond acceptors (Lipinski definition) is 3. The van der Waals surface area contributed by atoms with Gasteiger partial charge >= 0.3 is 0 Å². The van der Waals surface area contributed by atoms with E-state index in [1.165, 1.54) is 12.8 Å². The molecule has 1 atom stereocenters. The number of aromatic nitrogens is 2. The number of aliphatic hydroxyl groups is 1. The van der Waals surface area contributed by atoms with Crippen LogP contribution in [-0.2, 0) is 7.05 Å². The van der Waals surface area contributed by atoms with Gasteiger partial charge in [-0.05, 0) is 44.4 Å². The van der Waals surface area contributed by atoms with Crippen molar-refractivity contribution in [1.82, 2.24) is 9.78 Å². The second-order valence-electron chi connectivity index (χ2n) is 6.89. The molecule has 0 saturated heterocycles. The van der Waals surface area contributed by atoms with E-state index in [9.17, 15) is 5.11 Å². The van der Waals surface area contributed by atoms with E-state index in [0.717, 1.165) is 35.9 Å². The first-order chi connectivity index (χ1) is 9.39. The van der Waals surface area contributed by atoms with Gasteiger partial charge < -0.3 is 10.8 Å². The molecule has 1 aliphatic rings. The highest BCUT2D eigenvalue weighted by molar-refractivity contribution is 5.21. The van der Waals surface area contributed by atoms with Crippen molar-refractivity contribution in [3.05, 3.63) is 17.5 Å². The largest absolute Gasteiger partial charge is 0.388 e. The minimum absolute atomic E-state index is 0.167. The van der Waals surface area contributed by atoms with Crippen LogP contribution in [0.5, 0.6) is 0 Å². The minimum Gasteiger partial charge on any atom is -0.388 e. The molecule has 0 radical (unpaired) electrons. The number of nitrogens with zero attached hydrogens (tertiary/aromatic N) is 2. The third kappa shape index (κ3) is 2.77. The van der Waals surface area contributed by atoms with Gasteiger partial charge in [-0.1, -0.05) is 13.8 Å². The fourth-order valence-corrected chi connectivity index (χ4v) is 3.69. The zero-order valence-electron chi connectivity index (χ0n) is 13.3. The molecule has 0 aromatic carbocycles. The molecule has 2 rings (SSSR count). The summed E-state index contributed by atoms with van der Waals surface area (Å²) in [6, 6.07) is 0. The number of aryl methyl sites for hydroxylation is 2. The second kappa shape index (κ2) is 5.86. The summed E-state index contributed by atoms with van der Waals surface area (Å²) in [7, 11) is 1.90. The molecule has 1 saturated carbocycles. The van der Waals surface area contributed by atoms with Crippen molar-refractivity contribution in [3.8, 4) is 0 Å². The molecule has 1 heterocycles. The molecule has 4 nitrogen and oxygen atoms in total. The van der Waals surface area contributed by atoms with Crippen molar-refractivity contribution >= 4 is 0 Å². The molecule has 0 aliphatic heterocycles. The predicted octanol–water partition coefficient (Wildman–Crippen LogP) is 2.55. The normalized spacial score (nSPS) is 28.9. The van der Waals surface area contributed by atoms with Gasteiger partial charge in [0.05, 0.1) is 11.8 Å². The average Bonchev–Trinajstić information content (AvgIpc) is 2.76. The Morgan fingerprint density at radius 3 is 2.45 bits per heavy atom. The number of rotatable bonds is 4. The van der Waals surface area contributed by atoms with Crippen LogP contribution in [0.15, 0.2) is 6.20 Å². The van der Waals surface area contributed by atoms with Crippen molar-refractivity contribution in [2.75, 3.05) is 6.54 Å². The summed E-state index contributed by atoms with van der Waals surface area (Å²) in [4.78, 5) is 0. The molecule has 20 heavy (non-hydrogen) atoms. The van der Waals surface area contributed by atoms with Crippen LogP contribution in [0, 0.1) is 24.2 Å². The summed E-state index contributed by atoms with van der Waals surface area (Å²) in [5.41, 5.74) is 7.76. The molecule has 0 amide bonds. The van der Waals surface area contributed by atoms with Crippen LogP contribution in [0.1, 0.15) is 56.9 Å². The molecule has 4 heteroatoms. The third-order valence-corrected chi connectivity index (χ3v) is 5.30. The van der Waals surface area contributed by atoms with Gasteiger partial charge in [0.2, 0.25) is 0 Å². The lowest BCUT2D eigenvalue weighted by Crippen LogP contribution is -2.41. The van der Waals surface area contributed by atoms with Gasteiger partial charge in [0.15, 0.2) is 0 Å². The van der Waals surface area contributed by atoms with E-state index in [1.807, 2.05) is 20.2 Å². The van der Waals surface area contributed by atoms with Crippen molar-refractivity contribution in [2.24, 2.45) is 30.0 Å². The van der Waals surface area contributed by atoms with E-state index >= 15 is 0 Å². The minimum atomic E-state index is -0.491. The summed E-state index contributed by atoms with van der Waals surface area (Å²) in [6.45, 7) is 7.10. The van der Waals surface area contributed by atoms with E-state index in [0.29, 0.717) is 6.54 Å². The number of nitrogens with two attached hydrogens (primary N) is 1. The molecule has 1 aromatic rings. The molecule has 3 N–H and O–H groups in total. The van der Waals surface area contributed by atoms with Gasteiger partial charge in [0.25, 0.3) is 0 Å². The van der Waals surface area contributed by atoms with E-state index in [4.69, 9.17) is 5.73 Å². The van der Waals surface area contributed by atoms with Crippen LogP contribution in [0.2, 0.25) is 0 Å². The van der Waals surface area contributed by atoms with Gasteiger partial charge in [-0.2, -0.15) is 5.10 Å². The summed E-state index contributed by atoms with van der Waals surface area (Å²) in [5, 5.41) is 15.2. The maximum absolute atomic E-state index is 10.9.